The molecule has 198 valence electrons. The first-order valence-corrected chi connectivity index (χ1v) is 13.5. The number of H-pyrrole nitrogens is 1. The fourth-order valence-corrected chi connectivity index (χ4v) is 6.05. The minimum absolute atomic E-state index is 0.246. The number of pyridine rings is 1. The molecule has 10 nitrogen and oxygen atoms in total. The van der Waals surface area contributed by atoms with E-state index in [-0.39, 0.29) is 11.6 Å². The Morgan fingerprint density at radius 1 is 1.13 bits per heavy atom. The lowest BCUT2D eigenvalue weighted by molar-refractivity contribution is -0.0138. The van der Waals surface area contributed by atoms with E-state index in [0.29, 0.717) is 72.5 Å². The average Bonchev–Trinajstić information content (AvgIpc) is 3.66. The van der Waals surface area contributed by atoms with Crippen LogP contribution in [0.4, 0.5) is 0 Å². The minimum atomic E-state index is -0.997. The zero-order valence-electron chi connectivity index (χ0n) is 21.6. The molecule has 4 heterocycles. The third-order valence-corrected chi connectivity index (χ3v) is 8.10. The second-order valence-corrected chi connectivity index (χ2v) is 10.5. The number of ether oxygens (including phenoxy) is 2. The number of benzene rings is 2. The molecule has 2 aromatic heterocycles. The Balaban J connectivity index is 1.36. The molecule has 0 unspecified atom stereocenters. The predicted octanol–water partition coefficient (Wildman–Crippen LogP) is 3.89. The summed E-state index contributed by atoms with van der Waals surface area (Å²) in [5.41, 5.74) is 1.50. The topological polar surface area (TPSA) is 132 Å². The quantitative estimate of drug-likeness (QED) is 0.285. The maximum absolute atomic E-state index is 14.5. The summed E-state index contributed by atoms with van der Waals surface area (Å²) in [6.45, 7) is 3.70. The molecule has 3 aliphatic rings. The SMILES string of the molecule is CCOc1cc(C(=O)[C@@H]2C(=O)c3cc(-c4nnn[nH]4)ccc3OC23CCNCC3)cc2c(C3CC3)nccc12. The molecule has 39 heavy (non-hydrogen) atoms. The number of nitrogens with one attached hydrogen (secondary N) is 2. The maximum atomic E-state index is 14.5. The highest BCUT2D eigenvalue weighted by Crippen LogP contribution is 2.46. The van der Waals surface area contributed by atoms with Crippen LogP contribution in [0, 0.1) is 5.92 Å². The second kappa shape index (κ2) is 9.23. The number of aromatic nitrogens is 5. The van der Waals surface area contributed by atoms with Gasteiger partial charge in [-0.15, -0.1) is 5.10 Å². The van der Waals surface area contributed by atoms with Crippen molar-refractivity contribution in [2.24, 2.45) is 5.92 Å². The molecule has 1 atom stereocenters. The molecule has 0 bridgehead atoms. The maximum Gasteiger partial charge on any atom is 0.181 e. The van der Waals surface area contributed by atoms with Crippen LogP contribution in [-0.2, 0) is 0 Å². The van der Waals surface area contributed by atoms with Crippen LogP contribution in [-0.4, -0.2) is 62.5 Å². The molecular formula is C29H28N6O4. The summed E-state index contributed by atoms with van der Waals surface area (Å²) in [6.07, 6.45) is 5.06. The van der Waals surface area contributed by atoms with Crippen molar-refractivity contribution in [3.63, 3.8) is 0 Å². The normalized spacial score (nSPS) is 20.0. The van der Waals surface area contributed by atoms with Crippen molar-refractivity contribution in [3.05, 3.63) is 59.4 Å². The van der Waals surface area contributed by atoms with Gasteiger partial charge in [0.2, 0.25) is 0 Å². The zero-order valence-corrected chi connectivity index (χ0v) is 21.6. The van der Waals surface area contributed by atoms with E-state index in [1.807, 2.05) is 25.1 Å². The van der Waals surface area contributed by atoms with Crippen LogP contribution in [0.2, 0.25) is 0 Å². The number of Topliss-reactive ketones (excluding diaryl/α,β-unsaturated/α-hetero) is 2. The summed E-state index contributed by atoms with van der Waals surface area (Å²) in [4.78, 5) is 33.4. The summed E-state index contributed by atoms with van der Waals surface area (Å²) in [5, 5.41) is 19.2. The number of fused-ring (bicyclic) bond motifs is 2. The Kier molecular flexibility index (Phi) is 5.66. The average molecular weight is 525 g/mol. The summed E-state index contributed by atoms with van der Waals surface area (Å²) < 4.78 is 12.6. The first-order valence-electron chi connectivity index (χ1n) is 13.5. The van der Waals surface area contributed by atoms with Gasteiger partial charge in [0.05, 0.1) is 17.9 Å². The first-order chi connectivity index (χ1) is 19.1. The highest BCUT2D eigenvalue weighted by molar-refractivity contribution is 6.19. The molecule has 4 aromatic rings. The Morgan fingerprint density at radius 2 is 1.97 bits per heavy atom. The van der Waals surface area contributed by atoms with Gasteiger partial charge in [0.1, 0.15) is 23.0 Å². The fraction of sp³-hybridized carbons (Fsp3) is 0.379. The Bertz CT molecular complexity index is 1590. The van der Waals surface area contributed by atoms with Crippen molar-refractivity contribution in [1.82, 2.24) is 30.9 Å². The highest BCUT2D eigenvalue weighted by Gasteiger charge is 2.54. The van der Waals surface area contributed by atoms with E-state index < -0.39 is 11.5 Å². The van der Waals surface area contributed by atoms with Crippen LogP contribution in [0.5, 0.6) is 11.5 Å². The zero-order chi connectivity index (χ0) is 26.6. The summed E-state index contributed by atoms with van der Waals surface area (Å²) >= 11 is 0. The van der Waals surface area contributed by atoms with Gasteiger partial charge < -0.3 is 14.8 Å². The molecular weight excluding hydrogens is 496 g/mol. The third-order valence-electron chi connectivity index (χ3n) is 8.10. The number of carbonyl (C=O) groups is 2. The number of hydrogen-bond acceptors (Lipinski definition) is 9. The molecule has 1 spiro atoms. The van der Waals surface area contributed by atoms with Crippen molar-refractivity contribution >= 4 is 22.3 Å². The summed E-state index contributed by atoms with van der Waals surface area (Å²) in [5.74, 6) is 0.439. The van der Waals surface area contributed by atoms with Gasteiger partial charge >= 0.3 is 0 Å². The monoisotopic (exact) mass is 524 g/mol. The van der Waals surface area contributed by atoms with Gasteiger partial charge in [-0.25, -0.2) is 5.10 Å². The summed E-state index contributed by atoms with van der Waals surface area (Å²) in [6, 6.07) is 10.9. The van der Waals surface area contributed by atoms with Gasteiger partial charge in [-0.05, 0) is 79.7 Å². The van der Waals surface area contributed by atoms with Gasteiger partial charge in [-0.2, -0.15) is 0 Å². The van der Waals surface area contributed by atoms with Crippen molar-refractivity contribution in [2.45, 2.75) is 44.1 Å². The van der Waals surface area contributed by atoms with E-state index in [2.05, 4.69) is 30.9 Å². The Morgan fingerprint density at radius 3 is 2.72 bits per heavy atom. The molecule has 1 aliphatic carbocycles. The number of piperidine rings is 1. The van der Waals surface area contributed by atoms with Crippen LogP contribution < -0.4 is 14.8 Å². The lowest BCUT2D eigenvalue weighted by atomic mass is 9.70. The molecule has 1 saturated heterocycles. The van der Waals surface area contributed by atoms with Crippen molar-refractivity contribution in [2.75, 3.05) is 19.7 Å². The number of tetrazole rings is 1. The van der Waals surface area contributed by atoms with Crippen LogP contribution in [0.25, 0.3) is 22.2 Å². The van der Waals surface area contributed by atoms with E-state index in [1.165, 1.54) is 0 Å². The van der Waals surface area contributed by atoms with E-state index in [9.17, 15) is 9.59 Å². The van der Waals surface area contributed by atoms with E-state index in [1.54, 1.807) is 24.4 Å². The molecule has 2 fully saturated rings. The second-order valence-electron chi connectivity index (χ2n) is 10.5. The predicted molar refractivity (Wildman–Crippen MR) is 142 cm³/mol. The number of hydrogen-bond donors (Lipinski definition) is 2. The molecule has 2 N–H and O–H groups in total. The smallest absolute Gasteiger partial charge is 0.181 e. The fourth-order valence-electron chi connectivity index (χ4n) is 6.05. The summed E-state index contributed by atoms with van der Waals surface area (Å²) in [7, 11) is 0. The molecule has 7 rings (SSSR count). The first kappa shape index (κ1) is 23.9. The minimum Gasteiger partial charge on any atom is -0.493 e. The standard InChI is InChI=1S/C29H28N6O4/c1-2-38-23-15-18(14-20-19(23)7-10-31-25(20)16-3-4-16)26(36)24-27(37)21-13-17(28-32-34-35-33-28)5-6-22(21)39-29(24)8-11-30-12-9-29/h5-7,10,13-16,24,30H,2-4,8-9,11-12H2,1H3,(H,32,33,34,35)/t24-/m1/s1. The largest absolute Gasteiger partial charge is 0.493 e. The van der Waals surface area contributed by atoms with Gasteiger partial charge in [0.15, 0.2) is 17.4 Å². The lowest BCUT2D eigenvalue weighted by Gasteiger charge is -2.45. The van der Waals surface area contributed by atoms with Crippen molar-refractivity contribution < 1.29 is 19.1 Å². The number of rotatable bonds is 6. The van der Waals surface area contributed by atoms with Crippen LogP contribution >= 0.6 is 0 Å². The van der Waals surface area contributed by atoms with Gasteiger partial charge in [0, 0.05) is 46.9 Å². The molecule has 2 aliphatic heterocycles. The van der Waals surface area contributed by atoms with Crippen LogP contribution in [0.3, 0.4) is 0 Å². The molecule has 10 heteroatoms. The molecule has 2 aromatic carbocycles. The number of nitrogens with zero attached hydrogens (tertiary/aromatic N) is 4. The number of aromatic amines is 1. The van der Waals surface area contributed by atoms with Crippen molar-refractivity contribution in [3.8, 4) is 22.9 Å². The molecule has 1 saturated carbocycles. The van der Waals surface area contributed by atoms with Crippen LogP contribution in [0.15, 0.2) is 42.6 Å². The number of ketones is 2. The van der Waals surface area contributed by atoms with Gasteiger partial charge in [-0.3, -0.25) is 14.6 Å². The van der Waals surface area contributed by atoms with E-state index in [4.69, 9.17) is 9.47 Å². The van der Waals surface area contributed by atoms with Crippen LogP contribution in [0.1, 0.15) is 64.9 Å². The van der Waals surface area contributed by atoms with E-state index >= 15 is 0 Å². The molecule has 0 radical (unpaired) electrons. The van der Waals surface area contributed by atoms with Crippen molar-refractivity contribution in [1.29, 1.82) is 0 Å². The molecule has 0 amide bonds. The Labute approximate surface area is 224 Å². The van der Waals surface area contributed by atoms with Gasteiger partial charge in [-0.1, -0.05) is 0 Å². The lowest BCUT2D eigenvalue weighted by Crippen LogP contribution is -2.58. The Hall–Kier alpha value is -4.18. The van der Waals surface area contributed by atoms with Gasteiger partial charge in [0.25, 0.3) is 0 Å². The third kappa shape index (κ3) is 3.97. The highest BCUT2D eigenvalue weighted by atomic mass is 16.5. The number of carbonyl (C=O) groups excluding carboxylic acids is 2. The van der Waals surface area contributed by atoms with E-state index in [0.717, 1.165) is 29.3 Å².